The number of ether oxygens (including phenoxy) is 1. The molecule has 3 N–H and O–H groups in total. The highest BCUT2D eigenvalue weighted by Crippen LogP contribution is 2.26. The molecule has 0 aromatic heterocycles. The quantitative estimate of drug-likeness (QED) is 0.478. The molecule has 0 saturated carbocycles. The van der Waals surface area contributed by atoms with Crippen LogP contribution in [-0.4, -0.2) is 41.3 Å². The van der Waals surface area contributed by atoms with Crippen LogP contribution in [-0.2, 0) is 20.9 Å². The molecule has 1 aliphatic rings. The number of carbonyl (C=O) groups is 2. The molecular weight excluding hydrogens is 428 g/mol. The van der Waals surface area contributed by atoms with Crippen LogP contribution in [0, 0.1) is 6.92 Å². The average molecular weight is 465 g/mol. The van der Waals surface area contributed by atoms with Gasteiger partial charge in [-0.05, 0) is 55.0 Å². The number of carbonyl (C=O) groups excluding carboxylic acids is 1. The Bertz CT molecular complexity index is 1010. The molecule has 3 rings (SSSR count). The molecule has 34 heavy (non-hydrogen) atoms. The van der Waals surface area contributed by atoms with E-state index >= 15 is 0 Å². The van der Waals surface area contributed by atoms with Crippen LogP contribution in [0.5, 0.6) is 0 Å². The van der Waals surface area contributed by atoms with Crippen molar-refractivity contribution in [3.8, 4) is 11.1 Å². The summed E-state index contributed by atoms with van der Waals surface area (Å²) in [6, 6.07) is 16.0. The van der Waals surface area contributed by atoms with Crippen LogP contribution in [0.25, 0.3) is 11.1 Å². The van der Waals surface area contributed by atoms with Gasteiger partial charge in [0.15, 0.2) is 0 Å². The molecular formula is C28H36N2O4. The summed E-state index contributed by atoms with van der Waals surface area (Å²) in [7, 11) is 0. The van der Waals surface area contributed by atoms with Gasteiger partial charge in [-0.25, -0.2) is 4.79 Å². The minimum Gasteiger partial charge on any atom is -0.478 e. The number of hydrogen-bond donors (Lipinski definition) is 3. The molecule has 1 amide bonds. The van der Waals surface area contributed by atoms with Gasteiger partial charge in [0.05, 0.1) is 18.2 Å². The molecule has 0 unspecified atom stereocenters. The number of benzene rings is 2. The van der Waals surface area contributed by atoms with Gasteiger partial charge in [0.2, 0.25) is 5.91 Å². The zero-order valence-electron chi connectivity index (χ0n) is 20.5. The standard InChI is InChI=1S/C28H36N2O4/c1-5-24(6-2)34-26-16-23(28(32)33)15-25(27(26)30-19(4)31)29-17-20-12-18(3)13-22(14-20)21-10-8-7-9-11-21/h7-14,16,24-27,29H,5-6,15,17H2,1-4H3,(H,30,31)(H,32,33)/t25-,26+,27+/m0/s1. The fourth-order valence-electron chi connectivity index (χ4n) is 4.58. The van der Waals surface area contributed by atoms with Crippen LogP contribution in [0.2, 0.25) is 0 Å². The van der Waals surface area contributed by atoms with E-state index in [9.17, 15) is 14.7 Å². The summed E-state index contributed by atoms with van der Waals surface area (Å²) in [6.07, 6.45) is 3.10. The van der Waals surface area contributed by atoms with Gasteiger partial charge in [0.25, 0.3) is 0 Å². The van der Waals surface area contributed by atoms with Gasteiger partial charge < -0.3 is 20.5 Å². The second-order valence-electron chi connectivity index (χ2n) is 9.03. The largest absolute Gasteiger partial charge is 0.478 e. The zero-order valence-corrected chi connectivity index (χ0v) is 20.5. The summed E-state index contributed by atoms with van der Waals surface area (Å²) in [6.45, 7) is 8.19. The fraction of sp³-hybridized carbons (Fsp3) is 0.429. The molecule has 1 aliphatic carbocycles. The van der Waals surface area contributed by atoms with E-state index in [1.807, 2.05) is 32.0 Å². The first-order chi connectivity index (χ1) is 16.3. The summed E-state index contributed by atoms with van der Waals surface area (Å²) in [4.78, 5) is 23.9. The van der Waals surface area contributed by atoms with Crippen LogP contribution >= 0.6 is 0 Å². The summed E-state index contributed by atoms with van der Waals surface area (Å²) < 4.78 is 6.27. The predicted molar refractivity (Wildman–Crippen MR) is 134 cm³/mol. The topological polar surface area (TPSA) is 87.7 Å². The van der Waals surface area contributed by atoms with E-state index < -0.39 is 12.1 Å². The summed E-state index contributed by atoms with van der Waals surface area (Å²) >= 11 is 0. The van der Waals surface area contributed by atoms with E-state index in [0.717, 1.165) is 35.1 Å². The van der Waals surface area contributed by atoms with E-state index in [2.05, 4.69) is 47.9 Å². The lowest BCUT2D eigenvalue weighted by Crippen LogP contribution is -2.58. The zero-order chi connectivity index (χ0) is 24.7. The van der Waals surface area contributed by atoms with Crippen LogP contribution in [0.4, 0.5) is 0 Å². The van der Waals surface area contributed by atoms with E-state index in [0.29, 0.717) is 18.5 Å². The third-order valence-electron chi connectivity index (χ3n) is 6.31. The molecule has 2 aromatic rings. The molecule has 0 saturated heterocycles. The van der Waals surface area contributed by atoms with Gasteiger partial charge in [0.1, 0.15) is 0 Å². The molecule has 0 fully saturated rings. The van der Waals surface area contributed by atoms with Crippen molar-refractivity contribution in [3.05, 3.63) is 71.3 Å². The molecule has 6 heteroatoms. The number of aryl methyl sites for hydroxylation is 1. The molecule has 6 nitrogen and oxygen atoms in total. The number of aliphatic carboxylic acids is 1. The first-order valence-corrected chi connectivity index (χ1v) is 12.1. The maximum absolute atomic E-state index is 12.0. The number of hydrogen-bond acceptors (Lipinski definition) is 4. The first kappa shape index (κ1) is 25.7. The molecule has 0 aliphatic heterocycles. The Labute approximate surface area is 202 Å². The lowest BCUT2D eigenvalue weighted by atomic mass is 9.87. The Kier molecular flexibility index (Phi) is 9.02. The molecule has 2 aromatic carbocycles. The van der Waals surface area contributed by atoms with Crippen molar-refractivity contribution in [2.24, 2.45) is 0 Å². The number of carboxylic acid groups (broad SMARTS) is 1. The Hall–Kier alpha value is -2.96. The van der Waals surface area contributed by atoms with Crippen LogP contribution in [0.1, 0.15) is 51.2 Å². The first-order valence-electron chi connectivity index (χ1n) is 12.1. The number of rotatable bonds is 10. The second-order valence-corrected chi connectivity index (χ2v) is 9.03. The van der Waals surface area contributed by atoms with Crippen molar-refractivity contribution < 1.29 is 19.4 Å². The number of carboxylic acids is 1. The molecule has 0 spiro atoms. The van der Waals surface area contributed by atoms with Crippen molar-refractivity contribution in [1.29, 1.82) is 0 Å². The molecule has 0 bridgehead atoms. The lowest BCUT2D eigenvalue weighted by Gasteiger charge is -2.38. The van der Waals surface area contributed by atoms with Gasteiger partial charge >= 0.3 is 5.97 Å². The van der Waals surface area contributed by atoms with Gasteiger partial charge in [-0.15, -0.1) is 0 Å². The van der Waals surface area contributed by atoms with Crippen molar-refractivity contribution in [3.63, 3.8) is 0 Å². The summed E-state index contributed by atoms with van der Waals surface area (Å²) in [5.74, 6) is -1.11. The van der Waals surface area contributed by atoms with Crippen molar-refractivity contribution in [2.75, 3.05) is 0 Å². The van der Waals surface area contributed by atoms with Crippen LogP contribution in [0.3, 0.4) is 0 Å². The Morgan fingerprint density at radius 2 is 1.79 bits per heavy atom. The van der Waals surface area contributed by atoms with Gasteiger partial charge in [-0.2, -0.15) is 0 Å². The number of nitrogens with one attached hydrogen (secondary N) is 2. The third kappa shape index (κ3) is 6.78. The van der Waals surface area contributed by atoms with Crippen molar-refractivity contribution >= 4 is 11.9 Å². The van der Waals surface area contributed by atoms with E-state index in [1.165, 1.54) is 6.92 Å². The smallest absolute Gasteiger partial charge is 0.331 e. The van der Waals surface area contributed by atoms with E-state index in [-0.39, 0.29) is 24.1 Å². The Balaban J connectivity index is 1.85. The maximum atomic E-state index is 12.0. The van der Waals surface area contributed by atoms with Crippen LogP contribution in [0.15, 0.2) is 60.2 Å². The highest BCUT2D eigenvalue weighted by atomic mass is 16.5. The van der Waals surface area contributed by atoms with Gasteiger partial charge in [-0.3, -0.25) is 4.79 Å². The monoisotopic (exact) mass is 464 g/mol. The highest BCUT2D eigenvalue weighted by molar-refractivity contribution is 5.87. The van der Waals surface area contributed by atoms with E-state index in [1.54, 1.807) is 6.08 Å². The summed E-state index contributed by atoms with van der Waals surface area (Å²) in [5.41, 5.74) is 4.85. The molecule has 3 atom stereocenters. The maximum Gasteiger partial charge on any atom is 0.331 e. The number of amides is 1. The molecule has 0 heterocycles. The summed E-state index contributed by atoms with van der Waals surface area (Å²) in [5, 5.41) is 16.3. The Morgan fingerprint density at radius 3 is 2.41 bits per heavy atom. The lowest BCUT2D eigenvalue weighted by molar-refractivity contribution is -0.133. The average Bonchev–Trinajstić information content (AvgIpc) is 2.82. The van der Waals surface area contributed by atoms with Crippen molar-refractivity contribution in [1.82, 2.24) is 10.6 Å². The highest BCUT2D eigenvalue weighted by Gasteiger charge is 2.37. The van der Waals surface area contributed by atoms with E-state index in [4.69, 9.17) is 4.74 Å². The predicted octanol–water partition coefficient (Wildman–Crippen LogP) is 4.61. The fourth-order valence-corrected chi connectivity index (χ4v) is 4.58. The minimum atomic E-state index is -0.951. The molecule has 0 radical (unpaired) electrons. The normalized spacial score (nSPS) is 20.1. The second kappa shape index (κ2) is 12.0. The van der Waals surface area contributed by atoms with Gasteiger partial charge in [0, 0.05) is 25.1 Å². The Morgan fingerprint density at radius 1 is 1.09 bits per heavy atom. The van der Waals surface area contributed by atoms with Gasteiger partial charge in [-0.1, -0.05) is 61.9 Å². The minimum absolute atomic E-state index is 0.00323. The molecule has 182 valence electrons. The SMILES string of the molecule is CCC(CC)O[C@@H]1C=C(C(=O)O)C[C@H](NCc2cc(C)cc(-c3ccccc3)c2)[C@H]1NC(C)=O. The third-order valence-corrected chi connectivity index (χ3v) is 6.31. The van der Waals surface area contributed by atoms with Crippen LogP contribution < -0.4 is 10.6 Å². The van der Waals surface area contributed by atoms with Crippen molar-refractivity contribution in [2.45, 2.75) is 77.8 Å².